The fourth-order valence-corrected chi connectivity index (χ4v) is 2.46. The highest BCUT2D eigenvalue weighted by atomic mass is 15.2. The average Bonchev–Trinajstić information content (AvgIpc) is 2.78. The Morgan fingerprint density at radius 3 is 1.83 bits per heavy atom. The van der Waals surface area contributed by atoms with Gasteiger partial charge in [0.05, 0.1) is 12.0 Å². The highest BCUT2D eigenvalue weighted by molar-refractivity contribution is 4.95. The number of aryl methyl sites for hydroxylation is 1. The number of nitrogens with zero attached hydrogens (tertiary/aromatic N) is 4. The fraction of sp³-hybridized carbons (Fsp3) is 0.842. The van der Waals surface area contributed by atoms with Crippen molar-refractivity contribution >= 4 is 0 Å². The monoisotopic (exact) mass is 324 g/mol. The normalized spacial score (nSPS) is 17.2. The number of aromatic nitrogens is 2. The maximum Gasteiger partial charge on any atom is 0.0954 e. The number of hydrogen-bond acceptors (Lipinski definition) is 3. The molecule has 23 heavy (non-hydrogen) atoms. The van der Waals surface area contributed by atoms with Gasteiger partial charge in [-0.05, 0) is 40.2 Å². The molecule has 0 bridgehead atoms. The predicted molar refractivity (Wildman–Crippen MR) is 102 cm³/mol. The number of piperazine rings is 1. The Hall–Kier alpha value is -0.870. The minimum absolute atomic E-state index is 0. The summed E-state index contributed by atoms with van der Waals surface area (Å²) in [5.41, 5.74) is 1.70. The van der Waals surface area contributed by atoms with Gasteiger partial charge in [-0.25, -0.2) is 4.98 Å². The van der Waals surface area contributed by atoms with E-state index in [4.69, 9.17) is 0 Å². The molecule has 2 heterocycles. The lowest BCUT2D eigenvalue weighted by Gasteiger charge is -2.36. The van der Waals surface area contributed by atoms with Crippen molar-refractivity contribution in [1.29, 1.82) is 0 Å². The summed E-state index contributed by atoms with van der Waals surface area (Å²) in [6, 6.07) is 0. The van der Waals surface area contributed by atoms with E-state index in [0.29, 0.717) is 5.41 Å². The van der Waals surface area contributed by atoms with Crippen LogP contribution in [0.4, 0.5) is 0 Å². The zero-order chi connectivity index (χ0) is 17.0. The van der Waals surface area contributed by atoms with Crippen LogP contribution in [0.3, 0.4) is 0 Å². The van der Waals surface area contributed by atoms with Crippen LogP contribution in [-0.2, 0) is 5.54 Å². The SMILES string of the molecule is C.CN1CCN(CC(C)(C)C)CC1.Cc1cn(C(C)(C)C)cn1. The first kappa shape index (κ1) is 22.1. The van der Waals surface area contributed by atoms with Crippen molar-refractivity contribution in [2.45, 2.75) is 61.4 Å². The summed E-state index contributed by atoms with van der Waals surface area (Å²) in [6.45, 7) is 21.6. The third kappa shape index (κ3) is 9.11. The van der Waals surface area contributed by atoms with Gasteiger partial charge >= 0.3 is 0 Å². The Morgan fingerprint density at radius 1 is 1.00 bits per heavy atom. The van der Waals surface area contributed by atoms with E-state index in [0.717, 1.165) is 5.69 Å². The molecule has 0 aromatic carbocycles. The van der Waals surface area contributed by atoms with Gasteiger partial charge in [0.1, 0.15) is 0 Å². The van der Waals surface area contributed by atoms with Crippen LogP contribution in [0.25, 0.3) is 0 Å². The third-order valence-electron chi connectivity index (χ3n) is 3.78. The molecule has 1 aromatic heterocycles. The smallest absolute Gasteiger partial charge is 0.0954 e. The van der Waals surface area contributed by atoms with Crippen LogP contribution >= 0.6 is 0 Å². The third-order valence-corrected chi connectivity index (χ3v) is 3.78. The number of rotatable bonds is 1. The lowest BCUT2D eigenvalue weighted by Crippen LogP contribution is -2.47. The second kappa shape index (κ2) is 8.84. The van der Waals surface area contributed by atoms with Crippen LogP contribution in [0.2, 0.25) is 0 Å². The van der Waals surface area contributed by atoms with E-state index in [-0.39, 0.29) is 13.0 Å². The lowest BCUT2D eigenvalue weighted by atomic mass is 9.96. The molecule has 4 heteroatoms. The Labute approximate surface area is 144 Å². The summed E-state index contributed by atoms with van der Waals surface area (Å²) < 4.78 is 2.11. The Balaban J connectivity index is 0.000000409. The van der Waals surface area contributed by atoms with Gasteiger partial charge in [0, 0.05) is 44.5 Å². The molecule has 0 spiro atoms. The van der Waals surface area contributed by atoms with Crippen LogP contribution in [0, 0.1) is 12.3 Å². The summed E-state index contributed by atoms with van der Waals surface area (Å²) in [4.78, 5) is 9.12. The summed E-state index contributed by atoms with van der Waals surface area (Å²) in [6.07, 6.45) is 3.93. The Kier molecular flexibility index (Phi) is 8.50. The van der Waals surface area contributed by atoms with Crippen LogP contribution in [0.5, 0.6) is 0 Å². The van der Waals surface area contributed by atoms with Gasteiger partial charge in [-0.15, -0.1) is 0 Å². The quantitative estimate of drug-likeness (QED) is 0.784. The molecule has 1 fully saturated rings. The standard InChI is InChI=1S/C10H22N2.C8H14N2.CH4/c1-10(2,3)9-12-7-5-11(4)6-8-12;1-7-5-10(6-9-7)8(2,3)4;/h5-9H2,1-4H3;5-6H,1-4H3;1H4. The summed E-state index contributed by atoms with van der Waals surface area (Å²) in [5.74, 6) is 0. The molecule has 1 aliphatic rings. The largest absolute Gasteiger partial charge is 0.332 e. The minimum atomic E-state index is 0. The van der Waals surface area contributed by atoms with E-state index in [9.17, 15) is 0 Å². The van der Waals surface area contributed by atoms with E-state index in [2.05, 4.69) is 74.1 Å². The predicted octanol–water partition coefficient (Wildman–Crippen LogP) is 3.86. The van der Waals surface area contributed by atoms with Gasteiger partial charge in [0.2, 0.25) is 0 Å². The number of hydrogen-bond donors (Lipinski definition) is 0. The molecule has 2 rings (SSSR count). The topological polar surface area (TPSA) is 24.3 Å². The van der Waals surface area contributed by atoms with Gasteiger partial charge in [0.15, 0.2) is 0 Å². The molecule has 136 valence electrons. The van der Waals surface area contributed by atoms with Crippen LogP contribution in [0.1, 0.15) is 54.7 Å². The van der Waals surface area contributed by atoms with Crippen LogP contribution in [-0.4, -0.2) is 59.1 Å². The van der Waals surface area contributed by atoms with Gasteiger partial charge in [-0.3, -0.25) is 0 Å². The molecule has 0 unspecified atom stereocenters. The molecule has 0 amide bonds. The van der Waals surface area contributed by atoms with Crippen molar-refractivity contribution in [3.8, 4) is 0 Å². The molecule has 0 radical (unpaired) electrons. The van der Waals surface area contributed by atoms with E-state index in [1.165, 1.54) is 32.7 Å². The lowest BCUT2D eigenvalue weighted by molar-refractivity contribution is 0.117. The first-order valence-corrected chi connectivity index (χ1v) is 8.39. The molecule has 0 aliphatic carbocycles. The van der Waals surface area contributed by atoms with Crippen LogP contribution < -0.4 is 0 Å². The van der Waals surface area contributed by atoms with Crippen molar-refractivity contribution < 1.29 is 0 Å². The van der Waals surface area contributed by atoms with Crippen molar-refractivity contribution in [1.82, 2.24) is 19.4 Å². The van der Waals surface area contributed by atoms with E-state index in [1.54, 1.807) is 0 Å². The molecule has 1 aromatic rings. The van der Waals surface area contributed by atoms with Crippen molar-refractivity contribution in [3.63, 3.8) is 0 Å². The zero-order valence-corrected chi connectivity index (χ0v) is 16.0. The van der Waals surface area contributed by atoms with E-state index in [1.807, 2.05) is 13.3 Å². The van der Waals surface area contributed by atoms with Gasteiger partial charge in [-0.2, -0.15) is 0 Å². The first-order valence-electron chi connectivity index (χ1n) is 8.39. The van der Waals surface area contributed by atoms with Crippen molar-refractivity contribution in [2.75, 3.05) is 39.8 Å². The van der Waals surface area contributed by atoms with E-state index >= 15 is 0 Å². The van der Waals surface area contributed by atoms with Crippen LogP contribution in [0.15, 0.2) is 12.5 Å². The minimum Gasteiger partial charge on any atom is -0.332 e. The number of imidazole rings is 1. The molecular weight excluding hydrogens is 284 g/mol. The van der Waals surface area contributed by atoms with Gasteiger partial charge < -0.3 is 14.4 Å². The maximum absolute atomic E-state index is 4.15. The molecular formula is C19H40N4. The molecule has 1 aliphatic heterocycles. The van der Waals surface area contributed by atoms with Gasteiger partial charge in [-0.1, -0.05) is 28.2 Å². The molecule has 4 nitrogen and oxygen atoms in total. The summed E-state index contributed by atoms with van der Waals surface area (Å²) >= 11 is 0. The molecule has 0 atom stereocenters. The van der Waals surface area contributed by atoms with E-state index < -0.39 is 0 Å². The zero-order valence-electron chi connectivity index (χ0n) is 16.0. The fourth-order valence-electron chi connectivity index (χ4n) is 2.46. The summed E-state index contributed by atoms with van der Waals surface area (Å²) in [7, 11) is 2.20. The van der Waals surface area contributed by atoms with Crippen molar-refractivity contribution in [3.05, 3.63) is 18.2 Å². The maximum atomic E-state index is 4.15. The molecule has 1 saturated heterocycles. The summed E-state index contributed by atoms with van der Waals surface area (Å²) in [5, 5.41) is 0. The first-order chi connectivity index (χ1) is 9.97. The highest BCUT2D eigenvalue weighted by Crippen LogP contribution is 2.16. The Morgan fingerprint density at radius 2 is 1.52 bits per heavy atom. The molecule has 0 N–H and O–H groups in total. The van der Waals surface area contributed by atoms with Gasteiger partial charge in [0.25, 0.3) is 0 Å². The Bertz CT molecular complexity index is 429. The highest BCUT2D eigenvalue weighted by Gasteiger charge is 2.19. The van der Waals surface area contributed by atoms with Crippen molar-refractivity contribution in [2.24, 2.45) is 5.41 Å². The second-order valence-electron chi connectivity index (χ2n) is 8.73. The second-order valence-corrected chi connectivity index (χ2v) is 8.73. The number of likely N-dealkylation sites (N-methyl/N-ethyl adjacent to an activating group) is 1. The molecule has 0 saturated carbocycles. The average molecular weight is 325 g/mol.